The predicted octanol–water partition coefficient (Wildman–Crippen LogP) is 6.41. The van der Waals surface area contributed by atoms with Crippen LogP contribution in [0.2, 0.25) is 15.1 Å². The standard InChI is InChI=1S/C27H27Cl3N4O/c1-2-35-24-17-22(30)11-12-23(24)27-32-25(18-3-7-20(28)8-4-18)26(19-5-9-21(29)10-6-19)34(27)33-15-13-31-14-16-33/h3-12,17,25-26,31H,2,13-16H2,1H3. The molecule has 0 bridgehead atoms. The number of amidine groups is 1. The monoisotopic (exact) mass is 528 g/mol. The highest BCUT2D eigenvalue weighted by molar-refractivity contribution is 6.31. The first kappa shape index (κ1) is 24.4. The molecule has 1 saturated heterocycles. The molecule has 2 aliphatic rings. The molecule has 2 aliphatic heterocycles. The predicted molar refractivity (Wildman–Crippen MR) is 144 cm³/mol. The number of rotatable bonds is 6. The molecule has 1 N–H and O–H groups in total. The molecule has 1 fully saturated rings. The molecule has 182 valence electrons. The van der Waals surface area contributed by atoms with Gasteiger partial charge in [-0.1, -0.05) is 59.1 Å². The van der Waals surface area contributed by atoms with E-state index >= 15 is 0 Å². The summed E-state index contributed by atoms with van der Waals surface area (Å²) >= 11 is 18.8. The summed E-state index contributed by atoms with van der Waals surface area (Å²) in [4.78, 5) is 5.35. The first-order valence-corrected chi connectivity index (χ1v) is 12.9. The molecular weight excluding hydrogens is 503 g/mol. The van der Waals surface area contributed by atoms with Gasteiger partial charge in [0.05, 0.1) is 18.2 Å². The van der Waals surface area contributed by atoms with Crippen molar-refractivity contribution in [2.24, 2.45) is 4.99 Å². The SMILES string of the molecule is CCOc1cc(Cl)ccc1C1=NC(c2ccc(Cl)cc2)C(c2ccc(Cl)cc2)N1N1CCNCC1. The molecule has 0 radical (unpaired) electrons. The number of hydrogen-bond donors (Lipinski definition) is 1. The molecule has 2 unspecified atom stereocenters. The van der Waals surface area contributed by atoms with Crippen LogP contribution in [-0.2, 0) is 0 Å². The molecule has 5 rings (SSSR count). The summed E-state index contributed by atoms with van der Waals surface area (Å²) in [5.41, 5.74) is 3.15. The highest BCUT2D eigenvalue weighted by Gasteiger charge is 2.42. The molecule has 5 nitrogen and oxygen atoms in total. The Hall–Kier alpha value is -2.28. The van der Waals surface area contributed by atoms with Crippen LogP contribution in [0.25, 0.3) is 0 Å². The summed E-state index contributed by atoms with van der Waals surface area (Å²) in [6.07, 6.45) is 0. The normalized spacial score (nSPS) is 20.7. The molecule has 0 aromatic heterocycles. The van der Waals surface area contributed by atoms with Crippen LogP contribution in [0.4, 0.5) is 0 Å². The van der Waals surface area contributed by atoms with Crippen LogP contribution >= 0.6 is 34.8 Å². The third kappa shape index (κ3) is 5.16. The molecule has 35 heavy (non-hydrogen) atoms. The number of benzene rings is 3. The van der Waals surface area contributed by atoms with Crippen LogP contribution in [0.15, 0.2) is 71.7 Å². The minimum atomic E-state index is -0.150. The van der Waals surface area contributed by atoms with E-state index in [0.717, 1.165) is 54.5 Å². The zero-order valence-corrected chi connectivity index (χ0v) is 21.7. The maximum absolute atomic E-state index is 6.35. The molecule has 2 heterocycles. The molecule has 3 aromatic carbocycles. The number of hydrazine groups is 1. The number of halogens is 3. The number of ether oxygens (including phenoxy) is 1. The summed E-state index contributed by atoms with van der Waals surface area (Å²) < 4.78 is 6.02. The van der Waals surface area contributed by atoms with Gasteiger partial charge in [-0.2, -0.15) is 0 Å². The van der Waals surface area contributed by atoms with Crippen molar-refractivity contribution in [3.63, 3.8) is 0 Å². The van der Waals surface area contributed by atoms with E-state index in [1.165, 1.54) is 0 Å². The number of piperazine rings is 1. The number of hydrogen-bond acceptors (Lipinski definition) is 5. The average Bonchev–Trinajstić information content (AvgIpc) is 3.26. The van der Waals surface area contributed by atoms with Gasteiger partial charge in [0, 0.05) is 41.2 Å². The topological polar surface area (TPSA) is 40.1 Å². The fourth-order valence-corrected chi connectivity index (χ4v) is 5.17. The van der Waals surface area contributed by atoms with E-state index < -0.39 is 0 Å². The van der Waals surface area contributed by atoms with Gasteiger partial charge in [-0.05, 0) is 60.5 Å². The van der Waals surface area contributed by atoms with Gasteiger partial charge < -0.3 is 10.1 Å². The van der Waals surface area contributed by atoms with E-state index in [0.29, 0.717) is 21.7 Å². The second-order valence-corrected chi connectivity index (χ2v) is 9.88. The van der Waals surface area contributed by atoms with Crippen molar-refractivity contribution < 1.29 is 4.74 Å². The fraction of sp³-hybridized carbons (Fsp3) is 0.296. The van der Waals surface area contributed by atoms with Gasteiger partial charge in [0.15, 0.2) is 5.84 Å². The summed E-state index contributed by atoms with van der Waals surface area (Å²) in [7, 11) is 0. The van der Waals surface area contributed by atoms with Crippen molar-refractivity contribution in [1.29, 1.82) is 0 Å². The van der Waals surface area contributed by atoms with E-state index in [-0.39, 0.29) is 12.1 Å². The first-order valence-electron chi connectivity index (χ1n) is 11.8. The van der Waals surface area contributed by atoms with E-state index in [4.69, 9.17) is 44.5 Å². The molecule has 0 aliphatic carbocycles. The van der Waals surface area contributed by atoms with E-state index in [1.807, 2.05) is 49.4 Å². The molecule has 8 heteroatoms. The number of nitrogens with zero attached hydrogens (tertiary/aromatic N) is 3. The lowest BCUT2D eigenvalue weighted by Gasteiger charge is -2.42. The zero-order valence-electron chi connectivity index (χ0n) is 19.4. The third-order valence-corrected chi connectivity index (χ3v) is 7.09. The van der Waals surface area contributed by atoms with Crippen molar-refractivity contribution in [1.82, 2.24) is 15.3 Å². The van der Waals surface area contributed by atoms with Crippen LogP contribution in [0.5, 0.6) is 5.75 Å². The minimum Gasteiger partial charge on any atom is -0.493 e. The Kier molecular flexibility index (Phi) is 7.51. The highest BCUT2D eigenvalue weighted by atomic mass is 35.5. The summed E-state index contributed by atoms with van der Waals surface area (Å²) in [5.74, 6) is 1.59. The van der Waals surface area contributed by atoms with E-state index in [2.05, 4.69) is 39.6 Å². The molecular formula is C27H27Cl3N4O. The first-order chi connectivity index (χ1) is 17.0. The molecule has 3 aromatic rings. The fourth-order valence-electron chi connectivity index (χ4n) is 4.75. The van der Waals surface area contributed by atoms with Crippen molar-refractivity contribution in [2.75, 3.05) is 32.8 Å². The lowest BCUT2D eigenvalue weighted by molar-refractivity contribution is 0.000342. The van der Waals surface area contributed by atoms with Gasteiger partial charge in [-0.25, -0.2) is 5.01 Å². The molecule has 0 spiro atoms. The van der Waals surface area contributed by atoms with Crippen molar-refractivity contribution in [3.8, 4) is 5.75 Å². The summed E-state index contributed by atoms with van der Waals surface area (Å²) in [5, 5.41) is 10.2. The Balaban J connectivity index is 1.69. The second-order valence-electron chi connectivity index (χ2n) is 8.57. The van der Waals surface area contributed by atoms with Crippen LogP contribution in [-0.4, -0.2) is 48.6 Å². The molecule has 2 atom stereocenters. The molecule has 0 saturated carbocycles. The van der Waals surface area contributed by atoms with Crippen LogP contribution in [0.1, 0.15) is 35.7 Å². The van der Waals surface area contributed by atoms with Gasteiger partial charge in [0.25, 0.3) is 0 Å². The van der Waals surface area contributed by atoms with Crippen molar-refractivity contribution in [2.45, 2.75) is 19.0 Å². The quantitative estimate of drug-likeness (QED) is 0.400. The Morgan fingerprint density at radius 3 is 2.09 bits per heavy atom. The van der Waals surface area contributed by atoms with Gasteiger partial charge in [0.1, 0.15) is 11.8 Å². The van der Waals surface area contributed by atoms with Crippen LogP contribution in [0.3, 0.4) is 0 Å². The number of aliphatic imine (C=N–C) groups is 1. The van der Waals surface area contributed by atoms with Gasteiger partial charge in [0.2, 0.25) is 0 Å². The lowest BCUT2D eigenvalue weighted by Crippen LogP contribution is -2.54. The smallest absolute Gasteiger partial charge is 0.150 e. The van der Waals surface area contributed by atoms with Crippen LogP contribution < -0.4 is 10.1 Å². The Morgan fingerprint density at radius 1 is 0.857 bits per heavy atom. The average molecular weight is 530 g/mol. The summed E-state index contributed by atoms with van der Waals surface area (Å²) in [6.45, 7) is 6.06. The van der Waals surface area contributed by atoms with E-state index in [9.17, 15) is 0 Å². The van der Waals surface area contributed by atoms with Crippen molar-refractivity contribution >= 4 is 40.6 Å². The van der Waals surface area contributed by atoms with Gasteiger partial charge >= 0.3 is 0 Å². The summed E-state index contributed by atoms with van der Waals surface area (Å²) in [6, 6.07) is 21.6. The largest absolute Gasteiger partial charge is 0.493 e. The van der Waals surface area contributed by atoms with Gasteiger partial charge in [-0.3, -0.25) is 10.0 Å². The highest BCUT2D eigenvalue weighted by Crippen LogP contribution is 2.45. The zero-order chi connectivity index (χ0) is 24.4. The minimum absolute atomic E-state index is 0.0632. The van der Waals surface area contributed by atoms with Crippen LogP contribution in [0, 0.1) is 0 Å². The van der Waals surface area contributed by atoms with Crippen molar-refractivity contribution in [3.05, 3.63) is 98.5 Å². The Labute approximate surface area is 221 Å². The molecule has 0 amide bonds. The maximum Gasteiger partial charge on any atom is 0.150 e. The number of nitrogens with one attached hydrogen (secondary N) is 1. The second kappa shape index (κ2) is 10.8. The Morgan fingerprint density at radius 2 is 1.46 bits per heavy atom. The van der Waals surface area contributed by atoms with Gasteiger partial charge in [-0.15, -0.1) is 0 Å². The van der Waals surface area contributed by atoms with E-state index in [1.54, 1.807) is 0 Å². The maximum atomic E-state index is 6.35. The third-order valence-electron chi connectivity index (χ3n) is 6.35. The lowest BCUT2D eigenvalue weighted by atomic mass is 9.94. The Bertz CT molecular complexity index is 1190.